The molecular weight excluding hydrogens is 202 g/mol. The highest BCUT2D eigenvalue weighted by atomic mass is 19.3. The lowest BCUT2D eigenvalue weighted by Crippen LogP contribution is -2.11. The molecule has 1 saturated carbocycles. The van der Waals surface area contributed by atoms with Gasteiger partial charge in [-0.15, -0.1) is 0 Å². The molecule has 0 saturated heterocycles. The number of halogens is 2. The normalized spacial score (nSPS) is 17.5. The van der Waals surface area contributed by atoms with Gasteiger partial charge in [0, 0.05) is 12.8 Å². The minimum absolute atomic E-state index is 0.135. The van der Waals surface area contributed by atoms with Crippen LogP contribution in [0.5, 0.6) is 0 Å². The molecule has 88 valence electrons. The summed E-state index contributed by atoms with van der Waals surface area (Å²) in [6.45, 7) is -0.424. The number of hydrogen-bond acceptors (Lipinski definition) is 2. The number of carbonyl (C=O) groups excluding carboxylic acids is 1. The maximum atomic E-state index is 11.7. The molecule has 0 atom stereocenters. The zero-order chi connectivity index (χ0) is 11.1. The molecule has 0 aromatic carbocycles. The van der Waals surface area contributed by atoms with Crippen molar-refractivity contribution < 1.29 is 18.3 Å². The van der Waals surface area contributed by atoms with Crippen molar-refractivity contribution in [3.05, 3.63) is 0 Å². The molecule has 1 aliphatic carbocycles. The molecule has 0 radical (unpaired) electrons. The van der Waals surface area contributed by atoms with Crippen LogP contribution in [-0.4, -0.2) is 25.4 Å². The van der Waals surface area contributed by atoms with Crippen LogP contribution in [0.15, 0.2) is 0 Å². The largest absolute Gasteiger partial charge is 0.375 e. The maximum Gasteiger partial charge on any atom is 0.261 e. The Labute approximate surface area is 89.0 Å². The Morgan fingerprint density at radius 3 is 2.60 bits per heavy atom. The van der Waals surface area contributed by atoms with Gasteiger partial charge in [-0.3, -0.25) is 4.79 Å². The summed E-state index contributed by atoms with van der Waals surface area (Å²) in [6, 6.07) is 0. The van der Waals surface area contributed by atoms with Crippen molar-refractivity contribution in [1.82, 2.24) is 0 Å². The van der Waals surface area contributed by atoms with E-state index >= 15 is 0 Å². The topological polar surface area (TPSA) is 26.3 Å². The van der Waals surface area contributed by atoms with Crippen molar-refractivity contribution in [3.63, 3.8) is 0 Å². The summed E-state index contributed by atoms with van der Waals surface area (Å²) < 4.78 is 28.0. The van der Waals surface area contributed by atoms with Gasteiger partial charge in [-0.2, -0.15) is 0 Å². The van der Waals surface area contributed by atoms with Crippen LogP contribution in [0.25, 0.3) is 0 Å². The molecule has 4 heteroatoms. The predicted octanol–water partition coefficient (Wildman–Crippen LogP) is 2.81. The third kappa shape index (κ3) is 5.82. The van der Waals surface area contributed by atoms with E-state index in [4.69, 9.17) is 0 Å². The van der Waals surface area contributed by atoms with E-state index in [0.29, 0.717) is 12.3 Å². The summed E-state index contributed by atoms with van der Waals surface area (Å²) in [6.07, 6.45) is 3.18. The highest BCUT2D eigenvalue weighted by Crippen LogP contribution is 2.27. The minimum Gasteiger partial charge on any atom is -0.375 e. The van der Waals surface area contributed by atoms with Crippen molar-refractivity contribution in [3.8, 4) is 0 Å². The Kier molecular flexibility index (Phi) is 5.76. The Balaban J connectivity index is 1.98. The first-order chi connectivity index (χ1) is 7.18. The van der Waals surface area contributed by atoms with Crippen LogP contribution in [0.3, 0.4) is 0 Å². The lowest BCUT2D eigenvalue weighted by atomic mass is 10.00. The fourth-order valence-electron chi connectivity index (χ4n) is 2.00. The molecule has 0 spiro atoms. The highest BCUT2D eigenvalue weighted by molar-refractivity contribution is 5.78. The molecule has 0 aromatic heterocycles. The second-order valence-electron chi connectivity index (χ2n) is 4.11. The molecule has 15 heavy (non-hydrogen) atoms. The number of ketones is 1. The van der Waals surface area contributed by atoms with E-state index < -0.39 is 13.0 Å². The molecule has 0 unspecified atom stereocenters. The van der Waals surface area contributed by atoms with Gasteiger partial charge >= 0.3 is 0 Å². The predicted molar refractivity (Wildman–Crippen MR) is 53.0 cm³/mol. The van der Waals surface area contributed by atoms with Gasteiger partial charge in [0.25, 0.3) is 6.43 Å². The van der Waals surface area contributed by atoms with Crippen LogP contribution >= 0.6 is 0 Å². The summed E-state index contributed by atoms with van der Waals surface area (Å²) in [5.41, 5.74) is 0. The molecule has 1 rings (SSSR count). The van der Waals surface area contributed by atoms with E-state index in [1.807, 2.05) is 0 Å². The molecule has 1 fully saturated rings. The Hall–Kier alpha value is -0.510. The number of rotatable bonds is 7. The van der Waals surface area contributed by atoms with Crippen LogP contribution in [0.1, 0.15) is 38.5 Å². The standard InChI is InChI=1S/C11H18F2O2/c12-11(13)8-15-6-5-10(14)7-9-3-1-2-4-9/h9,11H,1-8H2. The molecule has 1 aliphatic rings. The van der Waals surface area contributed by atoms with Gasteiger partial charge in [0.05, 0.1) is 6.61 Å². The zero-order valence-corrected chi connectivity index (χ0v) is 8.88. The summed E-state index contributed by atoms with van der Waals surface area (Å²) in [7, 11) is 0. The van der Waals surface area contributed by atoms with E-state index in [2.05, 4.69) is 4.74 Å². The number of carbonyl (C=O) groups is 1. The van der Waals surface area contributed by atoms with Gasteiger partial charge in [-0.25, -0.2) is 8.78 Å². The first-order valence-electron chi connectivity index (χ1n) is 5.56. The minimum atomic E-state index is -2.44. The maximum absolute atomic E-state index is 11.7. The van der Waals surface area contributed by atoms with Gasteiger partial charge < -0.3 is 4.74 Å². The second-order valence-corrected chi connectivity index (χ2v) is 4.11. The smallest absolute Gasteiger partial charge is 0.261 e. The van der Waals surface area contributed by atoms with Crippen molar-refractivity contribution in [2.45, 2.75) is 45.0 Å². The van der Waals surface area contributed by atoms with Crippen molar-refractivity contribution in [2.75, 3.05) is 13.2 Å². The van der Waals surface area contributed by atoms with E-state index in [0.717, 1.165) is 12.8 Å². The number of ether oxygens (including phenoxy) is 1. The van der Waals surface area contributed by atoms with Crippen molar-refractivity contribution in [1.29, 1.82) is 0 Å². The summed E-state index contributed by atoms with van der Waals surface area (Å²) in [5.74, 6) is 0.684. The van der Waals surface area contributed by atoms with E-state index in [1.54, 1.807) is 0 Å². The molecule has 0 heterocycles. The monoisotopic (exact) mass is 220 g/mol. The third-order valence-corrected chi connectivity index (χ3v) is 2.76. The van der Waals surface area contributed by atoms with Gasteiger partial charge in [-0.1, -0.05) is 25.7 Å². The molecule has 0 aliphatic heterocycles. The third-order valence-electron chi connectivity index (χ3n) is 2.76. The first kappa shape index (κ1) is 12.6. The van der Waals surface area contributed by atoms with E-state index in [1.165, 1.54) is 12.8 Å². The number of alkyl halides is 2. The SMILES string of the molecule is O=C(CCOCC(F)F)CC1CCCC1. The summed E-state index contributed by atoms with van der Waals surface area (Å²) >= 11 is 0. The molecule has 0 bridgehead atoms. The lowest BCUT2D eigenvalue weighted by molar-refractivity contribution is -0.121. The Morgan fingerprint density at radius 1 is 1.33 bits per heavy atom. The van der Waals surface area contributed by atoms with Crippen LogP contribution < -0.4 is 0 Å². The van der Waals surface area contributed by atoms with E-state index in [9.17, 15) is 13.6 Å². The Morgan fingerprint density at radius 2 is 2.00 bits per heavy atom. The zero-order valence-electron chi connectivity index (χ0n) is 8.88. The molecule has 0 amide bonds. The quantitative estimate of drug-likeness (QED) is 0.617. The van der Waals surface area contributed by atoms with Crippen LogP contribution in [0.4, 0.5) is 8.78 Å². The average molecular weight is 220 g/mol. The number of Topliss-reactive ketones (excluding diaryl/α,β-unsaturated/α-hetero) is 1. The lowest BCUT2D eigenvalue weighted by Gasteiger charge is -2.07. The van der Waals surface area contributed by atoms with Gasteiger partial charge in [0.2, 0.25) is 0 Å². The van der Waals surface area contributed by atoms with Gasteiger partial charge in [0.1, 0.15) is 12.4 Å². The molecule has 0 N–H and O–H groups in total. The van der Waals surface area contributed by atoms with Crippen LogP contribution in [-0.2, 0) is 9.53 Å². The molecule has 2 nitrogen and oxygen atoms in total. The fraction of sp³-hybridized carbons (Fsp3) is 0.909. The van der Waals surface area contributed by atoms with Crippen LogP contribution in [0, 0.1) is 5.92 Å². The highest BCUT2D eigenvalue weighted by Gasteiger charge is 2.18. The first-order valence-corrected chi connectivity index (χ1v) is 5.56. The van der Waals surface area contributed by atoms with Gasteiger partial charge in [-0.05, 0) is 5.92 Å². The average Bonchev–Trinajstić information content (AvgIpc) is 2.64. The van der Waals surface area contributed by atoms with Crippen molar-refractivity contribution in [2.24, 2.45) is 5.92 Å². The summed E-state index contributed by atoms with van der Waals surface area (Å²) in [4.78, 5) is 11.4. The fourth-order valence-corrected chi connectivity index (χ4v) is 2.00. The van der Waals surface area contributed by atoms with Crippen LogP contribution in [0.2, 0.25) is 0 Å². The summed E-state index contributed by atoms with van der Waals surface area (Å²) in [5, 5.41) is 0. The Bertz CT molecular complexity index is 189. The van der Waals surface area contributed by atoms with Gasteiger partial charge in [0.15, 0.2) is 0 Å². The second kappa shape index (κ2) is 6.88. The molecular formula is C11H18F2O2. The van der Waals surface area contributed by atoms with Crippen molar-refractivity contribution >= 4 is 5.78 Å². The van der Waals surface area contributed by atoms with E-state index in [-0.39, 0.29) is 18.8 Å². The number of hydrogen-bond donors (Lipinski definition) is 0. The molecule has 0 aromatic rings.